The van der Waals surface area contributed by atoms with Gasteiger partial charge in [0.25, 0.3) is 6.43 Å². The van der Waals surface area contributed by atoms with E-state index in [-0.39, 0.29) is 11.6 Å². The molecule has 0 unspecified atom stereocenters. The fourth-order valence-electron chi connectivity index (χ4n) is 4.10. The van der Waals surface area contributed by atoms with Gasteiger partial charge in [-0.1, -0.05) is 11.2 Å². The number of hydrogen-bond acceptors (Lipinski definition) is 5. The summed E-state index contributed by atoms with van der Waals surface area (Å²) in [5, 5.41) is 4.80. The van der Waals surface area contributed by atoms with Crippen molar-refractivity contribution in [1.29, 1.82) is 0 Å². The van der Waals surface area contributed by atoms with Crippen molar-refractivity contribution in [2.75, 3.05) is 13.2 Å². The van der Waals surface area contributed by atoms with E-state index < -0.39 is 6.43 Å². The second-order valence-corrected chi connectivity index (χ2v) is 7.42. The molecule has 1 aromatic carbocycles. The number of fused-ring (bicyclic) bond motifs is 3. The number of aryl methyl sites for hydroxylation is 1. The van der Waals surface area contributed by atoms with E-state index in [4.69, 9.17) is 14.2 Å². The number of nitrogens with zero attached hydrogens (tertiary/aromatic N) is 4. The zero-order valence-corrected chi connectivity index (χ0v) is 15.9. The Balaban J connectivity index is 1.74. The van der Waals surface area contributed by atoms with Crippen molar-refractivity contribution in [2.24, 2.45) is 0 Å². The van der Waals surface area contributed by atoms with Crippen LogP contribution in [0.5, 0.6) is 0 Å². The van der Waals surface area contributed by atoms with E-state index in [9.17, 15) is 8.78 Å². The zero-order chi connectivity index (χ0) is 20.0. The largest absolute Gasteiger partial charge is 0.381 e. The van der Waals surface area contributed by atoms with Crippen molar-refractivity contribution < 1.29 is 18.0 Å². The predicted octanol–water partition coefficient (Wildman–Crippen LogP) is 4.76. The lowest BCUT2D eigenvalue weighted by atomic mass is 10.1. The lowest BCUT2D eigenvalue weighted by molar-refractivity contribution is 0.0700. The van der Waals surface area contributed by atoms with Crippen molar-refractivity contribution >= 4 is 21.9 Å². The minimum absolute atomic E-state index is 0.0137. The molecule has 0 amide bonds. The Hall–Kier alpha value is -2.87. The van der Waals surface area contributed by atoms with Crippen LogP contribution in [-0.4, -0.2) is 32.9 Å². The van der Waals surface area contributed by atoms with Gasteiger partial charge in [-0.15, -0.1) is 0 Å². The van der Waals surface area contributed by atoms with Gasteiger partial charge >= 0.3 is 0 Å². The van der Waals surface area contributed by atoms with Crippen LogP contribution in [0.2, 0.25) is 0 Å². The molecule has 0 saturated carbocycles. The molecule has 4 aromatic rings. The molecule has 29 heavy (non-hydrogen) atoms. The van der Waals surface area contributed by atoms with E-state index in [2.05, 4.69) is 14.7 Å². The molecule has 0 N–H and O–H groups in total. The quantitative estimate of drug-likeness (QED) is 0.496. The number of alkyl halides is 2. The number of rotatable bonds is 4. The summed E-state index contributed by atoms with van der Waals surface area (Å²) < 4.78 is 39.7. The van der Waals surface area contributed by atoms with E-state index >= 15 is 0 Å². The Morgan fingerprint density at radius 3 is 2.72 bits per heavy atom. The van der Waals surface area contributed by atoms with Crippen molar-refractivity contribution in [3.8, 4) is 0 Å². The highest BCUT2D eigenvalue weighted by molar-refractivity contribution is 6.02. The molecule has 4 heterocycles. The topological polar surface area (TPSA) is 66.0 Å². The zero-order valence-electron chi connectivity index (χ0n) is 15.9. The second-order valence-electron chi connectivity index (χ2n) is 7.42. The molecule has 0 aliphatic carbocycles. The van der Waals surface area contributed by atoms with E-state index in [1.165, 1.54) is 12.1 Å². The maximum atomic E-state index is 13.4. The highest BCUT2D eigenvalue weighted by Crippen LogP contribution is 2.34. The number of halogens is 2. The van der Waals surface area contributed by atoms with Crippen LogP contribution in [-0.2, 0) is 11.2 Å². The van der Waals surface area contributed by atoms with Crippen LogP contribution in [0.4, 0.5) is 8.78 Å². The third-order valence-corrected chi connectivity index (χ3v) is 5.44. The van der Waals surface area contributed by atoms with Gasteiger partial charge in [-0.3, -0.25) is 4.98 Å². The summed E-state index contributed by atoms with van der Waals surface area (Å²) in [7, 11) is 0. The Kier molecular flexibility index (Phi) is 4.50. The fraction of sp³-hybridized carbons (Fsp3) is 0.381. The van der Waals surface area contributed by atoms with Crippen LogP contribution in [0.1, 0.15) is 48.2 Å². The van der Waals surface area contributed by atoms with Gasteiger partial charge in [0.2, 0.25) is 0 Å². The first-order valence-electron chi connectivity index (χ1n) is 9.67. The van der Waals surface area contributed by atoms with Crippen LogP contribution in [0, 0.1) is 6.92 Å². The number of aromatic nitrogens is 4. The minimum Gasteiger partial charge on any atom is -0.381 e. The van der Waals surface area contributed by atoms with Crippen LogP contribution in [0.25, 0.3) is 21.9 Å². The Labute approximate surface area is 165 Å². The molecule has 0 spiro atoms. The van der Waals surface area contributed by atoms with Gasteiger partial charge in [-0.25, -0.2) is 13.8 Å². The monoisotopic (exact) mass is 398 g/mol. The summed E-state index contributed by atoms with van der Waals surface area (Å²) in [6.07, 6.45) is 1.36. The number of benzene rings is 1. The molecule has 1 aliphatic rings. The first-order chi connectivity index (χ1) is 14.1. The first-order valence-corrected chi connectivity index (χ1v) is 9.67. The molecule has 5 rings (SSSR count). The van der Waals surface area contributed by atoms with Gasteiger partial charge in [0.1, 0.15) is 17.1 Å². The van der Waals surface area contributed by atoms with Crippen molar-refractivity contribution in [3.63, 3.8) is 0 Å². The predicted molar refractivity (Wildman–Crippen MR) is 103 cm³/mol. The third kappa shape index (κ3) is 3.27. The molecule has 0 bridgehead atoms. The molecular formula is C21H20F2N4O2. The Morgan fingerprint density at radius 1 is 1.17 bits per heavy atom. The summed E-state index contributed by atoms with van der Waals surface area (Å²) in [5.74, 6) is 1.57. The number of hydrogen-bond donors (Lipinski definition) is 0. The average Bonchev–Trinajstić information content (AvgIpc) is 3.31. The lowest BCUT2D eigenvalue weighted by Gasteiger charge is -2.26. The summed E-state index contributed by atoms with van der Waals surface area (Å²) in [6, 6.07) is 6.69. The highest BCUT2D eigenvalue weighted by Gasteiger charge is 2.24. The standard InChI is InChI=1S/C21H20F2N4O2/c1-12-8-14(26-29-12)10-19-25-18-11-24-17-3-2-13(21(22)23)9-16(17)20(18)27(19)15-4-6-28-7-5-15/h2-3,8-9,11,15,21H,4-7,10H2,1H3. The van der Waals surface area contributed by atoms with Crippen molar-refractivity contribution in [2.45, 2.75) is 38.7 Å². The first kappa shape index (κ1) is 18.2. The van der Waals surface area contributed by atoms with Crippen molar-refractivity contribution in [1.82, 2.24) is 19.7 Å². The molecule has 1 fully saturated rings. The summed E-state index contributed by atoms with van der Waals surface area (Å²) in [5.41, 5.74) is 3.00. The van der Waals surface area contributed by atoms with Crippen molar-refractivity contribution in [3.05, 3.63) is 53.3 Å². The van der Waals surface area contributed by atoms with Gasteiger partial charge in [0.15, 0.2) is 0 Å². The average molecular weight is 398 g/mol. The SMILES string of the molecule is Cc1cc(Cc2nc3cnc4ccc(C(F)F)cc4c3n2C2CCOCC2)no1. The normalized spacial score (nSPS) is 15.7. The van der Waals surface area contributed by atoms with Gasteiger partial charge in [0.05, 0.1) is 29.3 Å². The van der Waals surface area contributed by atoms with Crippen LogP contribution in [0.3, 0.4) is 0 Å². The van der Waals surface area contributed by atoms with Crippen LogP contribution >= 0.6 is 0 Å². The lowest BCUT2D eigenvalue weighted by Crippen LogP contribution is -2.21. The fourth-order valence-corrected chi connectivity index (χ4v) is 4.10. The van der Waals surface area contributed by atoms with E-state index in [0.717, 1.165) is 35.6 Å². The smallest absolute Gasteiger partial charge is 0.263 e. The summed E-state index contributed by atoms with van der Waals surface area (Å²) in [6.45, 7) is 3.18. The minimum atomic E-state index is -2.54. The van der Waals surface area contributed by atoms with Crippen LogP contribution in [0.15, 0.2) is 35.0 Å². The van der Waals surface area contributed by atoms with E-state index in [1.807, 2.05) is 13.0 Å². The number of imidazole rings is 1. The molecule has 3 aromatic heterocycles. The molecule has 6 nitrogen and oxygen atoms in total. The van der Waals surface area contributed by atoms with E-state index in [0.29, 0.717) is 36.1 Å². The summed E-state index contributed by atoms with van der Waals surface area (Å²) >= 11 is 0. The molecule has 0 radical (unpaired) electrons. The summed E-state index contributed by atoms with van der Waals surface area (Å²) in [4.78, 5) is 9.25. The molecule has 0 atom stereocenters. The second kappa shape index (κ2) is 7.18. The Morgan fingerprint density at radius 2 is 2.00 bits per heavy atom. The number of pyridine rings is 1. The molecular weight excluding hydrogens is 378 g/mol. The maximum absolute atomic E-state index is 13.4. The third-order valence-electron chi connectivity index (χ3n) is 5.44. The number of ether oxygens (including phenoxy) is 1. The molecule has 1 aliphatic heterocycles. The van der Waals surface area contributed by atoms with Gasteiger partial charge in [0, 0.05) is 36.3 Å². The molecule has 1 saturated heterocycles. The Bertz CT molecular complexity index is 1180. The van der Waals surface area contributed by atoms with Gasteiger partial charge < -0.3 is 13.8 Å². The van der Waals surface area contributed by atoms with Crippen LogP contribution < -0.4 is 0 Å². The molecule has 8 heteroatoms. The molecule has 150 valence electrons. The maximum Gasteiger partial charge on any atom is 0.263 e. The van der Waals surface area contributed by atoms with Gasteiger partial charge in [-0.2, -0.15) is 0 Å². The van der Waals surface area contributed by atoms with E-state index in [1.54, 1.807) is 12.3 Å². The highest BCUT2D eigenvalue weighted by atomic mass is 19.3. The van der Waals surface area contributed by atoms with Gasteiger partial charge in [-0.05, 0) is 31.9 Å².